The van der Waals surface area contributed by atoms with Gasteiger partial charge in [0.25, 0.3) is 0 Å². The van der Waals surface area contributed by atoms with Crippen molar-refractivity contribution in [1.29, 1.82) is 0 Å². The van der Waals surface area contributed by atoms with Crippen LogP contribution in [0.3, 0.4) is 0 Å². The average molecular weight is 203 g/mol. The van der Waals surface area contributed by atoms with Gasteiger partial charge in [-0.3, -0.25) is 4.79 Å². The molecule has 12 heavy (non-hydrogen) atoms. The Labute approximate surface area is 81.3 Å². The van der Waals surface area contributed by atoms with Crippen LogP contribution < -0.4 is 0 Å². The molecule has 0 heterocycles. The van der Waals surface area contributed by atoms with E-state index in [1.165, 1.54) is 6.92 Å². The SMILES string of the molecule is CC(=O)c1c(Cl)cc(C)cc1Cl. The highest BCUT2D eigenvalue weighted by molar-refractivity contribution is 6.39. The monoisotopic (exact) mass is 202 g/mol. The van der Waals surface area contributed by atoms with E-state index < -0.39 is 0 Å². The summed E-state index contributed by atoms with van der Waals surface area (Å²) in [6.45, 7) is 3.32. The van der Waals surface area contributed by atoms with Crippen LogP contribution in [0.1, 0.15) is 22.8 Å². The lowest BCUT2D eigenvalue weighted by Gasteiger charge is -2.03. The van der Waals surface area contributed by atoms with Gasteiger partial charge in [0.15, 0.2) is 5.78 Å². The lowest BCUT2D eigenvalue weighted by Crippen LogP contribution is -1.95. The van der Waals surface area contributed by atoms with Gasteiger partial charge in [0, 0.05) is 0 Å². The molecular formula is C9H8Cl2O. The fourth-order valence-electron chi connectivity index (χ4n) is 1.04. The van der Waals surface area contributed by atoms with Gasteiger partial charge in [-0.15, -0.1) is 0 Å². The molecule has 0 amide bonds. The summed E-state index contributed by atoms with van der Waals surface area (Å²) in [5, 5.41) is 0.847. The molecule has 0 aromatic heterocycles. The van der Waals surface area contributed by atoms with Crippen LogP contribution in [0.2, 0.25) is 10.0 Å². The summed E-state index contributed by atoms with van der Waals surface area (Å²) in [6, 6.07) is 3.45. The minimum absolute atomic E-state index is 0.106. The number of carbonyl (C=O) groups excluding carboxylic acids is 1. The third kappa shape index (κ3) is 1.79. The van der Waals surface area contributed by atoms with Gasteiger partial charge in [-0.25, -0.2) is 0 Å². The second-order valence-corrected chi connectivity index (χ2v) is 3.47. The zero-order chi connectivity index (χ0) is 9.30. The summed E-state index contributed by atoms with van der Waals surface area (Å²) < 4.78 is 0. The van der Waals surface area contributed by atoms with Gasteiger partial charge in [-0.2, -0.15) is 0 Å². The lowest BCUT2D eigenvalue weighted by atomic mass is 10.1. The van der Waals surface area contributed by atoms with Gasteiger partial charge in [0.05, 0.1) is 15.6 Å². The Morgan fingerprint density at radius 2 is 1.67 bits per heavy atom. The first-order valence-corrected chi connectivity index (χ1v) is 4.24. The topological polar surface area (TPSA) is 17.1 Å². The van der Waals surface area contributed by atoms with Crippen molar-refractivity contribution in [2.45, 2.75) is 13.8 Å². The maximum Gasteiger partial charge on any atom is 0.162 e. The van der Waals surface area contributed by atoms with Crippen molar-refractivity contribution in [3.8, 4) is 0 Å². The minimum atomic E-state index is -0.106. The van der Waals surface area contributed by atoms with Gasteiger partial charge in [-0.1, -0.05) is 23.2 Å². The van der Waals surface area contributed by atoms with Crippen molar-refractivity contribution in [3.63, 3.8) is 0 Å². The van der Waals surface area contributed by atoms with Crippen LogP contribution in [0.15, 0.2) is 12.1 Å². The Kier molecular flexibility index (Phi) is 2.76. The number of rotatable bonds is 1. The molecule has 1 rings (SSSR count). The summed E-state index contributed by atoms with van der Waals surface area (Å²) in [5.41, 5.74) is 1.36. The first kappa shape index (κ1) is 9.56. The minimum Gasteiger partial charge on any atom is -0.294 e. The van der Waals surface area contributed by atoms with Crippen molar-refractivity contribution in [3.05, 3.63) is 33.3 Å². The largest absolute Gasteiger partial charge is 0.294 e. The van der Waals surface area contributed by atoms with Gasteiger partial charge in [0.1, 0.15) is 0 Å². The average Bonchev–Trinajstić information content (AvgIpc) is 1.82. The Bertz CT molecular complexity index is 308. The number of ketones is 1. The number of hydrogen-bond acceptors (Lipinski definition) is 1. The molecule has 0 N–H and O–H groups in total. The summed E-state index contributed by atoms with van der Waals surface area (Å²) >= 11 is 11.6. The van der Waals surface area contributed by atoms with Crippen molar-refractivity contribution in [2.75, 3.05) is 0 Å². The quantitative estimate of drug-likeness (QED) is 0.638. The molecule has 0 unspecified atom stereocenters. The summed E-state index contributed by atoms with van der Waals surface area (Å²) in [5.74, 6) is -0.106. The number of aryl methyl sites for hydroxylation is 1. The molecular weight excluding hydrogens is 195 g/mol. The molecule has 0 fully saturated rings. The van der Waals surface area contributed by atoms with Crippen LogP contribution in [0.5, 0.6) is 0 Å². The molecule has 1 nitrogen and oxygen atoms in total. The Balaban J connectivity index is 3.38. The van der Waals surface area contributed by atoms with Crippen molar-refractivity contribution >= 4 is 29.0 Å². The molecule has 64 valence electrons. The summed E-state index contributed by atoms with van der Waals surface area (Å²) in [7, 11) is 0. The number of halogens is 2. The third-order valence-corrected chi connectivity index (χ3v) is 2.13. The predicted molar refractivity (Wildman–Crippen MR) is 51.2 cm³/mol. The zero-order valence-corrected chi connectivity index (χ0v) is 8.33. The highest BCUT2D eigenvalue weighted by Crippen LogP contribution is 2.26. The molecule has 0 aliphatic carbocycles. The molecule has 0 bridgehead atoms. The van der Waals surface area contributed by atoms with Crippen LogP contribution >= 0.6 is 23.2 Å². The predicted octanol–water partition coefficient (Wildman–Crippen LogP) is 3.50. The van der Waals surface area contributed by atoms with Gasteiger partial charge in [0.2, 0.25) is 0 Å². The van der Waals surface area contributed by atoms with E-state index >= 15 is 0 Å². The Hall–Kier alpha value is -0.530. The van der Waals surface area contributed by atoms with E-state index in [1.54, 1.807) is 12.1 Å². The Morgan fingerprint density at radius 3 is 2.00 bits per heavy atom. The van der Waals surface area contributed by atoms with Crippen LogP contribution in [0, 0.1) is 6.92 Å². The number of hydrogen-bond donors (Lipinski definition) is 0. The normalized spacial score (nSPS) is 10.0. The summed E-state index contributed by atoms with van der Waals surface area (Å²) in [6.07, 6.45) is 0. The molecule has 3 heteroatoms. The fraction of sp³-hybridized carbons (Fsp3) is 0.222. The van der Waals surface area contributed by atoms with Gasteiger partial charge >= 0.3 is 0 Å². The van der Waals surface area contributed by atoms with Crippen LogP contribution in [0.4, 0.5) is 0 Å². The van der Waals surface area contributed by atoms with Crippen LogP contribution in [-0.4, -0.2) is 5.78 Å². The van der Waals surface area contributed by atoms with E-state index in [4.69, 9.17) is 23.2 Å². The molecule has 0 aliphatic rings. The van der Waals surface area contributed by atoms with Crippen LogP contribution in [0.25, 0.3) is 0 Å². The van der Waals surface area contributed by atoms with Crippen molar-refractivity contribution < 1.29 is 4.79 Å². The van der Waals surface area contributed by atoms with E-state index in [-0.39, 0.29) is 5.78 Å². The lowest BCUT2D eigenvalue weighted by molar-refractivity contribution is 0.101. The van der Waals surface area contributed by atoms with E-state index in [0.29, 0.717) is 15.6 Å². The molecule has 0 aliphatic heterocycles. The Morgan fingerprint density at radius 1 is 1.25 bits per heavy atom. The summed E-state index contributed by atoms with van der Waals surface area (Å²) in [4.78, 5) is 11.0. The molecule has 0 radical (unpaired) electrons. The first-order chi connectivity index (χ1) is 5.52. The first-order valence-electron chi connectivity index (χ1n) is 3.49. The maximum absolute atomic E-state index is 11.0. The highest BCUT2D eigenvalue weighted by atomic mass is 35.5. The van der Waals surface area contributed by atoms with E-state index in [1.807, 2.05) is 6.92 Å². The fourth-order valence-corrected chi connectivity index (χ4v) is 1.90. The highest BCUT2D eigenvalue weighted by Gasteiger charge is 2.10. The second-order valence-electron chi connectivity index (χ2n) is 2.66. The zero-order valence-electron chi connectivity index (χ0n) is 6.82. The third-order valence-electron chi connectivity index (χ3n) is 1.54. The van der Waals surface area contributed by atoms with Gasteiger partial charge in [-0.05, 0) is 31.5 Å². The number of Topliss-reactive ketones (excluding diaryl/α,β-unsaturated/α-hetero) is 1. The number of carbonyl (C=O) groups is 1. The molecule has 0 saturated heterocycles. The van der Waals surface area contributed by atoms with Crippen molar-refractivity contribution in [1.82, 2.24) is 0 Å². The standard InChI is InChI=1S/C9H8Cl2O/c1-5-3-7(10)9(6(2)12)8(11)4-5/h3-4H,1-2H3. The second kappa shape index (κ2) is 3.46. The van der Waals surface area contributed by atoms with E-state index in [2.05, 4.69) is 0 Å². The van der Waals surface area contributed by atoms with E-state index in [0.717, 1.165) is 5.56 Å². The number of benzene rings is 1. The molecule has 1 aromatic carbocycles. The smallest absolute Gasteiger partial charge is 0.162 e. The molecule has 1 aromatic rings. The maximum atomic E-state index is 11.0. The van der Waals surface area contributed by atoms with Crippen molar-refractivity contribution in [2.24, 2.45) is 0 Å². The van der Waals surface area contributed by atoms with E-state index in [9.17, 15) is 4.79 Å². The molecule has 0 saturated carbocycles. The van der Waals surface area contributed by atoms with Gasteiger partial charge < -0.3 is 0 Å². The molecule has 0 spiro atoms. The molecule has 0 atom stereocenters. The van der Waals surface area contributed by atoms with Crippen LogP contribution in [-0.2, 0) is 0 Å².